The molecule has 2 atom stereocenters. The molecule has 5 nitrogen and oxygen atoms in total. The Balaban J connectivity index is 2.14. The molecule has 0 aromatic rings. The van der Waals surface area contributed by atoms with E-state index in [4.69, 9.17) is 4.74 Å². The van der Waals surface area contributed by atoms with E-state index in [0.717, 1.165) is 18.6 Å². The van der Waals surface area contributed by atoms with Crippen LogP contribution in [0.2, 0.25) is 0 Å². The summed E-state index contributed by atoms with van der Waals surface area (Å²) in [5.74, 6) is 1.68. The quantitative estimate of drug-likeness (QED) is 0.685. The molecule has 0 bridgehead atoms. The maximum atomic E-state index is 12.2. The molecule has 0 amide bonds. The van der Waals surface area contributed by atoms with Crippen LogP contribution in [0, 0.1) is 5.41 Å². The van der Waals surface area contributed by atoms with Gasteiger partial charge in [0.2, 0.25) is 0 Å². The van der Waals surface area contributed by atoms with Crippen molar-refractivity contribution in [2.75, 3.05) is 43.6 Å². The first kappa shape index (κ1) is 15.3. The molecule has 2 saturated heterocycles. The van der Waals surface area contributed by atoms with Gasteiger partial charge in [0.1, 0.15) is 11.7 Å². The summed E-state index contributed by atoms with van der Waals surface area (Å²) in [7, 11) is -3.10. The first-order chi connectivity index (χ1) is 9.03. The molecule has 2 heterocycles. The van der Waals surface area contributed by atoms with Crippen molar-refractivity contribution in [3.05, 3.63) is 0 Å². The summed E-state index contributed by atoms with van der Waals surface area (Å²) >= 11 is 1.67. The van der Waals surface area contributed by atoms with Crippen molar-refractivity contribution >= 4 is 27.9 Å². The fourth-order valence-corrected chi connectivity index (χ4v) is 5.68. The molecule has 7 heteroatoms. The number of thioether (sulfide) groups is 1. The molecule has 110 valence electrons. The van der Waals surface area contributed by atoms with Gasteiger partial charge in [-0.15, -0.1) is 0 Å². The van der Waals surface area contributed by atoms with E-state index in [1.54, 1.807) is 18.7 Å². The highest BCUT2D eigenvalue weighted by molar-refractivity contribution is 8.01. The molecule has 0 aromatic heterocycles. The van der Waals surface area contributed by atoms with E-state index in [2.05, 4.69) is 0 Å². The molecule has 19 heavy (non-hydrogen) atoms. The zero-order valence-corrected chi connectivity index (χ0v) is 12.8. The van der Waals surface area contributed by atoms with E-state index in [9.17, 15) is 13.2 Å². The summed E-state index contributed by atoms with van der Waals surface area (Å²) in [5.41, 5.74) is -0.510. The van der Waals surface area contributed by atoms with E-state index < -0.39 is 20.6 Å². The van der Waals surface area contributed by atoms with Gasteiger partial charge < -0.3 is 9.53 Å². The van der Waals surface area contributed by atoms with Crippen molar-refractivity contribution in [1.29, 1.82) is 0 Å². The molecule has 2 rings (SSSR count). The van der Waals surface area contributed by atoms with Crippen LogP contribution in [0.3, 0.4) is 0 Å². The third kappa shape index (κ3) is 3.32. The first-order valence-corrected chi connectivity index (χ1v) is 9.47. The molecule has 0 radical (unpaired) electrons. The summed E-state index contributed by atoms with van der Waals surface area (Å²) in [6.45, 7) is 3.91. The van der Waals surface area contributed by atoms with Crippen LogP contribution in [0.25, 0.3) is 0 Å². The molecule has 0 aliphatic carbocycles. The lowest BCUT2D eigenvalue weighted by Crippen LogP contribution is -2.52. The predicted molar refractivity (Wildman–Crippen MR) is 76.1 cm³/mol. The van der Waals surface area contributed by atoms with Crippen molar-refractivity contribution in [3.8, 4) is 0 Å². The number of aldehydes is 1. The van der Waals surface area contributed by atoms with Gasteiger partial charge in [-0.1, -0.05) is 6.92 Å². The lowest BCUT2D eigenvalue weighted by Gasteiger charge is -2.38. The van der Waals surface area contributed by atoms with Crippen molar-refractivity contribution in [3.63, 3.8) is 0 Å². The molecule has 0 saturated carbocycles. The van der Waals surface area contributed by atoms with Gasteiger partial charge in [0, 0.05) is 37.0 Å². The van der Waals surface area contributed by atoms with Gasteiger partial charge in [-0.3, -0.25) is 4.90 Å². The van der Waals surface area contributed by atoms with E-state index in [1.165, 1.54) is 0 Å². The Hall–Kier alpha value is -0.110. The molecule has 0 N–H and O–H groups in total. The number of rotatable bonds is 5. The number of carbonyl (C=O) groups is 1. The fraction of sp³-hybridized carbons (Fsp3) is 0.917. The highest BCUT2D eigenvalue weighted by Crippen LogP contribution is 2.31. The average Bonchev–Trinajstić information content (AvgIpc) is 2.88. The van der Waals surface area contributed by atoms with E-state index in [0.29, 0.717) is 31.9 Å². The third-order valence-corrected chi connectivity index (χ3v) is 7.24. The third-order valence-electron chi connectivity index (χ3n) is 3.91. The van der Waals surface area contributed by atoms with Crippen LogP contribution in [-0.2, 0) is 19.4 Å². The van der Waals surface area contributed by atoms with Crippen molar-refractivity contribution in [1.82, 2.24) is 4.90 Å². The summed E-state index contributed by atoms with van der Waals surface area (Å²) < 4.78 is 29.6. The number of hydrogen-bond donors (Lipinski definition) is 0. The number of ether oxygens (including phenoxy) is 1. The minimum absolute atomic E-state index is 0.152. The molecular formula is C12H21NO4S2. The predicted octanol–water partition coefficient (Wildman–Crippen LogP) is 0.402. The smallest absolute Gasteiger partial charge is 0.166 e. The zero-order chi connectivity index (χ0) is 13.9. The second-order valence-electron chi connectivity index (χ2n) is 5.23. The van der Waals surface area contributed by atoms with Gasteiger partial charge >= 0.3 is 0 Å². The summed E-state index contributed by atoms with van der Waals surface area (Å²) in [5, 5.41) is -0.450. The molecule has 2 fully saturated rings. The lowest BCUT2D eigenvalue weighted by molar-refractivity contribution is -0.117. The van der Waals surface area contributed by atoms with Gasteiger partial charge in [0.15, 0.2) is 9.84 Å². The van der Waals surface area contributed by atoms with Crippen LogP contribution in [0.5, 0.6) is 0 Å². The van der Waals surface area contributed by atoms with E-state index in [-0.39, 0.29) is 5.75 Å². The Kier molecular flexibility index (Phi) is 4.92. The highest BCUT2D eigenvalue weighted by Gasteiger charge is 2.41. The zero-order valence-electron chi connectivity index (χ0n) is 11.2. The SMILES string of the molecule is CCS(=O)(=O)C1CSCCN1CC1(C=O)CCOC1. The molecule has 0 aromatic carbocycles. The van der Waals surface area contributed by atoms with Crippen LogP contribution >= 0.6 is 11.8 Å². The largest absolute Gasteiger partial charge is 0.380 e. The average molecular weight is 307 g/mol. The maximum absolute atomic E-state index is 12.2. The monoisotopic (exact) mass is 307 g/mol. The minimum atomic E-state index is -3.10. The van der Waals surface area contributed by atoms with Crippen LogP contribution in [0.15, 0.2) is 0 Å². The van der Waals surface area contributed by atoms with Crippen LogP contribution < -0.4 is 0 Å². The Labute approximate surface area is 119 Å². The number of hydrogen-bond acceptors (Lipinski definition) is 6. The second-order valence-corrected chi connectivity index (χ2v) is 8.83. The minimum Gasteiger partial charge on any atom is -0.380 e. The van der Waals surface area contributed by atoms with Crippen molar-refractivity contribution in [2.45, 2.75) is 18.7 Å². The molecule has 2 unspecified atom stereocenters. The van der Waals surface area contributed by atoms with E-state index >= 15 is 0 Å². The topological polar surface area (TPSA) is 63.7 Å². The van der Waals surface area contributed by atoms with Crippen LogP contribution in [0.4, 0.5) is 0 Å². The van der Waals surface area contributed by atoms with Gasteiger partial charge in [-0.05, 0) is 6.42 Å². The summed E-state index contributed by atoms with van der Waals surface area (Å²) in [4.78, 5) is 13.3. The maximum Gasteiger partial charge on any atom is 0.166 e. The van der Waals surface area contributed by atoms with Gasteiger partial charge in [-0.2, -0.15) is 11.8 Å². The Bertz CT molecular complexity index is 417. The van der Waals surface area contributed by atoms with Crippen molar-refractivity contribution < 1.29 is 17.9 Å². The van der Waals surface area contributed by atoms with Gasteiger partial charge in [0.25, 0.3) is 0 Å². The molecular weight excluding hydrogens is 286 g/mol. The highest BCUT2D eigenvalue weighted by atomic mass is 32.2. The number of carbonyl (C=O) groups excluding carboxylic acids is 1. The van der Waals surface area contributed by atoms with Crippen molar-refractivity contribution in [2.24, 2.45) is 5.41 Å². The Morgan fingerprint density at radius 2 is 2.32 bits per heavy atom. The standard InChI is InChI=1S/C12H21NO4S2/c1-2-19(15,16)11-7-18-6-4-13(11)8-12(9-14)3-5-17-10-12/h9,11H,2-8,10H2,1H3. The fourth-order valence-electron chi connectivity index (χ4n) is 2.60. The number of nitrogens with zero attached hydrogens (tertiary/aromatic N) is 1. The molecule has 0 spiro atoms. The van der Waals surface area contributed by atoms with Gasteiger partial charge in [-0.25, -0.2) is 8.42 Å². The van der Waals surface area contributed by atoms with E-state index in [1.807, 2.05) is 4.90 Å². The lowest BCUT2D eigenvalue weighted by atomic mass is 9.88. The molecule has 2 aliphatic heterocycles. The van der Waals surface area contributed by atoms with Crippen LogP contribution in [0.1, 0.15) is 13.3 Å². The summed E-state index contributed by atoms with van der Waals surface area (Å²) in [6, 6.07) is 0. The Morgan fingerprint density at radius 3 is 2.89 bits per heavy atom. The Morgan fingerprint density at radius 1 is 1.53 bits per heavy atom. The van der Waals surface area contributed by atoms with Gasteiger partial charge in [0.05, 0.1) is 12.0 Å². The number of sulfone groups is 1. The second kappa shape index (κ2) is 6.11. The molecule has 2 aliphatic rings. The summed E-state index contributed by atoms with van der Waals surface area (Å²) in [6.07, 6.45) is 1.65. The normalized spacial score (nSPS) is 33.4. The van der Waals surface area contributed by atoms with Crippen LogP contribution in [-0.4, -0.2) is 68.5 Å². The first-order valence-electron chi connectivity index (χ1n) is 6.60.